The van der Waals surface area contributed by atoms with Gasteiger partial charge in [-0.2, -0.15) is 0 Å². The predicted octanol–water partition coefficient (Wildman–Crippen LogP) is 2.70. The van der Waals surface area contributed by atoms with Crippen molar-refractivity contribution < 1.29 is 4.39 Å². The Balaban J connectivity index is 2.24. The average molecular weight is 236 g/mol. The van der Waals surface area contributed by atoms with E-state index in [0.717, 1.165) is 18.7 Å². The molecular weight excluding hydrogens is 215 g/mol. The van der Waals surface area contributed by atoms with Crippen LogP contribution in [0, 0.1) is 18.7 Å². The summed E-state index contributed by atoms with van der Waals surface area (Å²) >= 11 is 0. The zero-order valence-corrected chi connectivity index (χ0v) is 10.8. The van der Waals surface area contributed by atoms with Crippen LogP contribution in [0.1, 0.15) is 25.8 Å². The summed E-state index contributed by atoms with van der Waals surface area (Å²) in [4.78, 5) is 2.26. The molecule has 1 fully saturated rings. The van der Waals surface area contributed by atoms with Gasteiger partial charge in [-0.25, -0.2) is 4.39 Å². The Labute approximate surface area is 103 Å². The number of aryl methyl sites for hydroxylation is 1. The number of nitrogens with zero attached hydrogens (tertiary/aromatic N) is 1. The highest BCUT2D eigenvalue weighted by Crippen LogP contribution is 2.28. The van der Waals surface area contributed by atoms with Crippen molar-refractivity contribution in [1.29, 1.82) is 0 Å². The Kier molecular flexibility index (Phi) is 3.38. The van der Waals surface area contributed by atoms with E-state index in [1.165, 1.54) is 0 Å². The maximum atomic E-state index is 13.6. The smallest absolute Gasteiger partial charge is 0.128 e. The summed E-state index contributed by atoms with van der Waals surface area (Å²) in [7, 11) is 0. The third-order valence-electron chi connectivity index (χ3n) is 4.12. The molecular formula is C14H21FN2. The molecule has 0 aromatic heterocycles. The molecule has 2 N–H and O–H groups in total. The first kappa shape index (κ1) is 12.4. The summed E-state index contributed by atoms with van der Waals surface area (Å²) < 4.78 is 13.6. The van der Waals surface area contributed by atoms with Crippen LogP contribution in [0.5, 0.6) is 0 Å². The van der Waals surface area contributed by atoms with Gasteiger partial charge in [-0.1, -0.05) is 13.0 Å². The standard InChI is InChI=1S/C14H21FN2/c1-9-4-5-12(8-13(9)15)17-7-6-14(16)10(2)11(17)3/h4-5,8,10-11,14H,6-7,16H2,1-3H3. The maximum absolute atomic E-state index is 13.6. The van der Waals surface area contributed by atoms with Crippen LogP contribution in [-0.2, 0) is 0 Å². The number of nitrogens with two attached hydrogens (primary N) is 1. The summed E-state index contributed by atoms with van der Waals surface area (Å²) in [6, 6.07) is 6.10. The number of hydrogen-bond acceptors (Lipinski definition) is 2. The number of halogens is 1. The summed E-state index contributed by atoms with van der Waals surface area (Å²) in [5, 5.41) is 0. The minimum absolute atomic E-state index is 0.128. The van der Waals surface area contributed by atoms with Gasteiger partial charge >= 0.3 is 0 Å². The van der Waals surface area contributed by atoms with E-state index >= 15 is 0 Å². The molecule has 1 heterocycles. The van der Waals surface area contributed by atoms with Crippen molar-refractivity contribution in [2.75, 3.05) is 11.4 Å². The zero-order valence-electron chi connectivity index (χ0n) is 10.8. The highest BCUT2D eigenvalue weighted by atomic mass is 19.1. The molecule has 17 heavy (non-hydrogen) atoms. The Morgan fingerprint density at radius 3 is 2.71 bits per heavy atom. The molecule has 3 atom stereocenters. The number of benzene rings is 1. The van der Waals surface area contributed by atoms with Crippen molar-refractivity contribution >= 4 is 5.69 Å². The Hall–Kier alpha value is -1.09. The predicted molar refractivity (Wildman–Crippen MR) is 69.7 cm³/mol. The molecule has 2 nitrogen and oxygen atoms in total. The Bertz CT molecular complexity index is 405. The van der Waals surface area contributed by atoms with Gasteiger partial charge in [0.2, 0.25) is 0 Å². The second kappa shape index (κ2) is 4.65. The fourth-order valence-corrected chi connectivity index (χ4v) is 2.52. The van der Waals surface area contributed by atoms with Crippen LogP contribution in [0.4, 0.5) is 10.1 Å². The highest BCUT2D eigenvalue weighted by Gasteiger charge is 2.30. The fourth-order valence-electron chi connectivity index (χ4n) is 2.52. The van der Waals surface area contributed by atoms with Gasteiger partial charge in [0.05, 0.1) is 0 Å². The second-order valence-corrected chi connectivity index (χ2v) is 5.18. The minimum Gasteiger partial charge on any atom is -0.368 e. The van der Waals surface area contributed by atoms with Crippen LogP contribution in [0.3, 0.4) is 0 Å². The van der Waals surface area contributed by atoms with Gasteiger partial charge in [0.1, 0.15) is 5.82 Å². The van der Waals surface area contributed by atoms with E-state index in [1.54, 1.807) is 13.0 Å². The molecule has 1 aliphatic heterocycles. The van der Waals surface area contributed by atoms with Gasteiger partial charge in [-0.05, 0) is 43.9 Å². The molecule has 0 radical (unpaired) electrons. The van der Waals surface area contributed by atoms with E-state index in [0.29, 0.717) is 17.5 Å². The fraction of sp³-hybridized carbons (Fsp3) is 0.571. The Morgan fingerprint density at radius 1 is 1.35 bits per heavy atom. The molecule has 0 aliphatic carbocycles. The van der Waals surface area contributed by atoms with Gasteiger partial charge in [0, 0.05) is 24.3 Å². The van der Waals surface area contributed by atoms with Gasteiger partial charge in [-0.3, -0.25) is 0 Å². The van der Waals surface area contributed by atoms with Crippen LogP contribution in [0.15, 0.2) is 18.2 Å². The van der Waals surface area contributed by atoms with E-state index in [9.17, 15) is 4.39 Å². The van der Waals surface area contributed by atoms with Crippen LogP contribution >= 0.6 is 0 Å². The molecule has 0 amide bonds. The summed E-state index contributed by atoms with van der Waals surface area (Å²) in [5.41, 5.74) is 7.73. The van der Waals surface area contributed by atoms with Gasteiger partial charge in [-0.15, -0.1) is 0 Å². The third kappa shape index (κ3) is 2.29. The lowest BCUT2D eigenvalue weighted by Gasteiger charge is -2.42. The number of hydrogen-bond donors (Lipinski definition) is 1. The van der Waals surface area contributed by atoms with E-state index in [1.807, 2.05) is 12.1 Å². The first-order chi connectivity index (χ1) is 8.00. The molecule has 2 rings (SSSR count). The lowest BCUT2D eigenvalue weighted by Crippen LogP contribution is -2.51. The number of piperidine rings is 1. The van der Waals surface area contributed by atoms with Crippen molar-refractivity contribution in [3.8, 4) is 0 Å². The van der Waals surface area contributed by atoms with Gasteiger partial charge < -0.3 is 10.6 Å². The topological polar surface area (TPSA) is 29.3 Å². The van der Waals surface area contributed by atoms with Crippen LogP contribution in [-0.4, -0.2) is 18.6 Å². The summed E-state index contributed by atoms with van der Waals surface area (Å²) in [6.07, 6.45) is 0.973. The van der Waals surface area contributed by atoms with Crippen LogP contribution in [0.25, 0.3) is 0 Å². The van der Waals surface area contributed by atoms with Crippen molar-refractivity contribution in [2.45, 2.75) is 39.3 Å². The quantitative estimate of drug-likeness (QED) is 0.812. The van der Waals surface area contributed by atoms with Crippen molar-refractivity contribution in [3.63, 3.8) is 0 Å². The molecule has 1 saturated heterocycles. The Morgan fingerprint density at radius 2 is 2.06 bits per heavy atom. The number of anilines is 1. The molecule has 1 aliphatic rings. The first-order valence-electron chi connectivity index (χ1n) is 6.29. The van der Waals surface area contributed by atoms with E-state index in [4.69, 9.17) is 5.73 Å². The molecule has 3 heteroatoms. The van der Waals surface area contributed by atoms with E-state index in [2.05, 4.69) is 18.7 Å². The molecule has 0 saturated carbocycles. The summed E-state index contributed by atoms with van der Waals surface area (Å²) in [6.45, 7) is 7.04. The zero-order chi connectivity index (χ0) is 12.6. The van der Waals surface area contributed by atoms with Gasteiger partial charge in [0.15, 0.2) is 0 Å². The SMILES string of the molecule is Cc1ccc(N2CCC(N)C(C)C2C)cc1F. The van der Waals surface area contributed by atoms with Crippen LogP contribution in [0.2, 0.25) is 0 Å². The average Bonchev–Trinajstić information content (AvgIpc) is 2.30. The van der Waals surface area contributed by atoms with Crippen molar-refractivity contribution in [2.24, 2.45) is 11.7 Å². The molecule has 1 aromatic rings. The monoisotopic (exact) mass is 236 g/mol. The molecule has 94 valence electrons. The first-order valence-corrected chi connectivity index (χ1v) is 6.29. The summed E-state index contributed by atoms with van der Waals surface area (Å²) in [5.74, 6) is 0.310. The molecule has 1 aromatic carbocycles. The number of rotatable bonds is 1. The lowest BCUT2D eigenvalue weighted by molar-refractivity contribution is 0.315. The minimum atomic E-state index is -0.128. The van der Waals surface area contributed by atoms with Crippen LogP contribution < -0.4 is 10.6 Å². The molecule has 0 bridgehead atoms. The van der Waals surface area contributed by atoms with Crippen molar-refractivity contribution in [1.82, 2.24) is 0 Å². The lowest BCUT2D eigenvalue weighted by atomic mass is 9.87. The largest absolute Gasteiger partial charge is 0.368 e. The highest BCUT2D eigenvalue weighted by molar-refractivity contribution is 5.49. The molecule has 0 spiro atoms. The van der Waals surface area contributed by atoms with Crippen molar-refractivity contribution in [3.05, 3.63) is 29.6 Å². The maximum Gasteiger partial charge on any atom is 0.128 e. The molecule has 3 unspecified atom stereocenters. The van der Waals surface area contributed by atoms with E-state index in [-0.39, 0.29) is 11.9 Å². The second-order valence-electron chi connectivity index (χ2n) is 5.18. The van der Waals surface area contributed by atoms with E-state index < -0.39 is 0 Å². The third-order valence-corrected chi connectivity index (χ3v) is 4.12. The van der Waals surface area contributed by atoms with Gasteiger partial charge in [0.25, 0.3) is 0 Å². The normalized spacial score (nSPS) is 29.5.